The Morgan fingerprint density at radius 1 is 1.17 bits per heavy atom. The molecule has 0 atom stereocenters. The van der Waals surface area contributed by atoms with Crippen LogP contribution < -0.4 is 10.8 Å². The summed E-state index contributed by atoms with van der Waals surface area (Å²) in [5, 5.41) is 25.5. The molecule has 2 aromatic rings. The molecular weight excluding hydrogens is 561 g/mol. The Morgan fingerprint density at radius 2 is 1.81 bits per heavy atom. The van der Waals surface area contributed by atoms with Gasteiger partial charge in [0.25, 0.3) is 0 Å². The molecule has 1 saturated carbocycles. The van der Waals surface area contributed by atoms with E-state index in [4.69, 9.17) is 17.0 Å². The maximum atomic E-state index is 13.8. The fraction of sp³-hybridized carbons (Fsp3) is 0.516. The van der Waals surface area contributed by atoms with Crippen LogP contribution in [-0.4, -0.2) is 56.7 Å². The number of benzene rings is 1. The van der Waals surface area contributed by atoms with Crippen LogP contribution in [0.5, 0.6) is 0 Å². The molecule has 1 heterocycles. The summed E-state index contributed by atoms with van der Waals surface area (Å²) in [6.07, 6.45) is 6.56. The van der Waals surface area contributed by atoms with Crippen LogP contribution in [0.2, 0.25) is 5.02 Å². The Bertz CT molecular complexity index is 1390. The fourth-order valence-corrected chi connectivity index (χ4v) is 5.38. The van der Waals surface area contributed by atoms with E-state index in [0.717, 1.165) is 5.56 Å². The number of aliphatic carboxylic acids is 1. The topological polar surface area (TPSA) is 128 Å². The van der Waals surface area contributed by atoms with Crippen LogP contribution >= 0.6 is 11.6 Å². The molecule has 0 bridgehead atoms. The molecule has 0 unspecified atom stereocenters. The molecule has 42 heavy (non-hydrogen) atoms. The van der Waals surface area contributed by atoms with E-state index < -0.39 is 23.2 Å². The Labute approximate surface area is 251 Å². The highest BCUT2D eigenvalue weighted by Crippen LogP contribution is 2.31. The summed E-state index contributed by atoms with van der Waals surface area (Å²) in [5.41, 5.74) is 1.08. The van der Waals surface area contributed by atoms with Gasteiger partial charge in [-0.25, -0.2) is 9.07 Å². The number of amides is 2. The molecular formula is C31H41ClFN5O4. The summed E-state index contributed by atoms with van der Waals surface area (Å²) in [6, 6.07) is 6.20. The molecule has 0 radical (unpaired) electrons. The third-order valence-electron chi connectivity index (χ3n) is 7.59. The molecule has 11 heteroatoms. The molecule has 1 fully saturated rings. The maximum Gasteiger partial charge on any atom is 0.306 e. The van der Waals surface area contributed by atoms with E-state index in [0.29, 0.717) is 62.9 Å². The van der Waals surface area contributed by atoms with Gasteiger partial charge in [-0.1, -0.05) is 38.4 Å². The Morgan fingerprint density at radius 3 is 2.38 bits per heavy atom. The standard InChI is InChI=1S/C31H41ClFN5O4/c1-30(2,3)23-17-26(22-12-13-25(33)24(32)16-22)36-38(27(23)34)15-7-6-14-37(18-31(4,5)35-19-39)28(40)20-8-10-21(11-9-20)29(41)42/h7,12-13,15-17,19-21,34H,6,8-11,14,18H2,1-5H3,(H,35,39)(H,41,42)/b15-7+,34-27?. The predicted molar refractivity (Wildman–Crippen MR) is 160 cm³/mol. The number of carboxylic acids is 1. The number of nitrogens with zero attached hydrogens (tertiary/aromatic N) is 3. The van der Waals surface area contributed by atoms with Gasteiger partial charge in [0, 0.05) is 36.3 Å². The second-order valence-electron chi connectivity index (χ2n) is 12.6. The molecule has 9 nitrogen and oxygen atoms in total. The van der Waals surface area contributed by atoms with Crippen LogP contribution in [0.3, 0.4) is 0 Å². The Hall–Kier alpha value is -3.53. The van der Waals surface area contributed by atoms with E-state index in [-0.39, 0.29) is 27.8 Å². The number of aromatic nitrogens is 2. The molecule has 2 amide bonds. The molecule has 3 rings (SSSR count). The van der Waals surface area contributed by atoms with Gasteiger partial charge in [-0.15, -0.1) is 0 Å². The van der Waals surface area contributed by atoms with E-state index in [9.17, 15) is 23.9 Å². The van der Waals surface area contributed by atoms with E-state index in [2.05, 4.69) is 10.4 Å². The lowest BCUT2D eigenvalue weighted by molar-refractivity contribution is -0.145. The first-order valence-corrected chi connectivity index (χ1v) is 14.5. The lowest BCUT2D eigenvalue weighted by Crippen LogP contribution is -2.52. The summed E-state index contributed by atoms with van der Waals surface area (Å²) >= 11 is 6.02. The monoisotopic (exact) mass is 601 g/mol. The van der Waals surface area contributed by atoms with Gasteiger partial charge in [-0.2, -0.15) is 5.10 Å². The summed E-state index contributed by atoms with van der Waals surface area (Å²) < 4.78 is 15.3. The number of carbonyl (C=O) groups excluding carboxylic acids is 2. The van der Waals surface area contributed by atoms with E-state index >= 15 is 0 Å². The first-order valence-electron chi connectivity index (χ1n) is 14.2. The average Bonchev–Trinajstić information content (AvgIpc) is 2.91. The van der Waals surface area contributed by atoms with Gasteiger partial charge >= 0.3 is 5.97 Å². The Balaban J connectivity index is 1.84. The van der Waals surface area contributed by atoms with Crippen molar-refractivity contribution in [3.8, 4) is 11.3 Å². The van der Waals surface area contributed by atoms with Crippen molar-refractivity contribution in [2.45, 2.75) is 77.7 Å². The predicted octanol–water partition coefficient (Wildman–Crippen LogP) is 5.22. The number of nitrogens with one attached hydrogen (secondary N) is 2. The number of carboxylic acid groups (broad SMARTS) is 1. The third kappa shape index (κ3) is 8.50. The second kappa shape index (κ2) is 13.6. The molecule has 3 N–H and O–H groups in total. The fourth-order valence-electron chi connectivity index (χ4n) is 5.20. The van der Waals surface area contributed by atoms with E-state index in [1.54, 1.807) is 17.2 Å². The number of hydrogen-bond donors (Lipinski definition) is 3. The molecule has 1 aliphatic rings. The molecule has 1 aromatic heterocycles. The number of hydrogen-bond acceptors (Lipinski definition) is 5. The van der Waals surface area contributed by atoms with Gasteiger partial charge in [0.15, 0.2) is 0 Å². The summed E-state index contributed by atoms with van der Waals surface area (Å²) in [6.45, 7) is 10.3. The van der Waals surface area contributed by atoms with E-state index in [1.807, 2.05) is 46.8 Å². The molecule has 0 saturated heterocycles. The highest BCUT2D eigenvalue weighted by Gasteiger charge is 2.33. The van der Waals surface area contributed by atoms with Crippen molar-refractivity contribution in [3.63, 3.8) is 0 Å². The van der Waals surface area contributed by atoms with Crippen molar-refractivity contribution < 1.29 is 23.9 Å². The van der Waals surface area contributed by atoms with Gasteiger partial charge in [0.2, 0.25) is 12.3 Å². The molecule has 0 aliphatic heterocycles. The summed E-state index contributed by atoms with van der Waals surface area (Å²) in [7, 11) is 0. The highest BCUT2D eigenvalue weighted by molar-refractivity contribution is 6.31. The Kier molecular flexibility index (Phi) is 10.7. The molecule has 0 spiro atoms. The van der Waals surface area contributed by atoms with Crippen molar-refractivity contribution >= 4 is 36.1 Å². The van der Waals surface area contributed by atoms with Gasteiger partial charge < -0.3 is 15.3 Å². The largest absolute Gasteiger partial charge is 0.481 e. The van der Waals surface area contributed by atoms with Crippen molar-refractivity contribution in [2.75, 3.05) is 13.1 Å². The SMILES string of the molecule is CC(C)(CN(CC/C=C/n1nc(-c2ccc(F)c(Cl)c2)cc(C(C)(C)C)c1=N)C(=O)C1CCC(C(=O)O)CC1)NC=O. The summed E-state index contributed by atoms with van der Waals surface area (Å²) in [5.74, 6) is -2.07. The van der Waals surface area contributed by atoms with Gasteiger partial charge in [0.1, 0.15) is 11.3 Å². The lowest BCUT2D eigenvalue weighted by atomic mass is 9.81. The normalized spacial score (nSPS) is 17.7. The third-order valence-corrected chi connectivity index (χ3v) is 7.88. The smallest absolute Gasteiger partial charge is 0.306 e. The second-order valence-corrected chi connectivity index (χ2v) is 13.0. The van der Waals surface area contributed by atoms with E-state index in [1.165, 1.54) is 16.8 Å². The first-order chi connectivity index (χ1) is 19.6. The molecule has 228 valence electrons. The zero-order valence-corrected chi connectivity index (χ0v) is 25.7. The van der Waals surface area contributed by atoms with Crippen LogP contribution in [0.15, 0.2) is 30.3 Å². The summed E-state index contributed by atoms with van der Waals surface area (Å²) in [4.78, 5) is 37.8. The number of rotatable bonds is 11. The molecule has 1 aromatic carbocycles. The van der Waals surface area contributed by atoms with Gasteiger partial charge in [0.05, 0.1) is 22.2 Å². The zero-order valence-electron chi connectivity index (χ0n) is 24.9. The van der Waals surface area contributed by atoms with Crippen LogP contribution in [0.25, 0.3) is 17.5 Å². The lowest BCUT2D eigenvalue weighted by Gasteiger charge is -2.36. The first kappa shape index (κ1) is 33.0. The minimum atomic E-state index is -0.819. The quantitative estimate of drug-likeness (QED) is 0.304. The van der Waals surface area contributed by atoms with Crippen LogP contribution in [-0.2, 0) is 19.8 Å². The highest BCUT2D eigenvalue weighted by atomic mass is 35.5. The van der Waals surface area contributed by atoms with Crippen molar-refractivity contribution in [1.29, 1.82) is 5.41 Å². The molecule has 1 aliphatic carbocycles. The van der Waals surface area contributed by atoms with Crippen molar-refractivity contribution in [2.24, 2.45) is 11.8 Å². The number of halogens is 2. The zero-order chi connectivity index (χ0) is 31.2. The average molecular weight is 602 g/mol. The van der Waals surface area contributed by atoms with Gasteiger partial charge in [-0.05, 0) is 75.6 Å². The van der Waals surface area contributed by atoms with Gasteiger partial charge in [-0.3, -0.25) is 19.8 Å². The number of carbonyl (C=O) groups is 3. The van der Waals surface area contributed by atoms with Crippen LogP contribution in [0.1, 0.15) is 72.3 Å². The maximum absolute atomic E-state index is 13.8. The minimum Gasteiger partial charge on any atom is -0.481 e. The van der Waals surface area contributed by atoms with Crippen LogP contribution in [0, 0.1) is 23.1 Å². The minimum absolute atomic E-state index is 0.0168. The van der Waals surface area contributed by atoms with Crippen molar-refractivity contribution in [3.05, 3.63) is 52.2 Å². The van der Waals surface area contributed by atoms with Crippen LogP contribution in [0.4, 0.5) is 4.39 Å². The van der Waals surface area contributed by atoms with Crippen molar-refractivity contribution in [1.82, 2.24) is 20.0 Å².